The molecule has 0 unspecified atom stereocenters. The average Bonchev–Trinajstić information content (AvgIpc) is 2.33. The van der Waals surface area contributed by atoms with Crippen molar-refractivity contribution in [2.75, 3.05) is 0 Å². The molecule has 1 aromatic carbocycles. The van der Waals surface area contributed by atoms with E-state index < -0.39 is 0 Å². The van der Waals surface area contributed by atoms with Crippen molar-refractivity contribution >= 4 is 5.57 Å². The van der Waals surface area contributed by atoms with Crippen LogP contribution in [0, 0.1) is 13.3 Å². The molecule has 11 heavy (non-hydrogen) atoms. The zero-order chi connectivity index (χ0) is 7.84. The van der Waals surface area contributed by atoms with Crippen molar-refractivity contribution in [1.29, 1.82) is 0 Å². The van der Waals surface area contributed by atoms with Crippen LogP contribution >= 0.6 is 0 Å². The van der Waals surface area contributed by atoms with Crippen molar-refractivity contribution in [1.82, 2.24) is 0 Å². The fourth-order valence-corrected chi connectivity index (χ4v) is 1.46. The Morgan fingerprint density at radius 3 is 2.73 bits per heavy atom. The van der Waals surface area contributed by atoms with E-state index in [1.54, 1.807) is 0 Å². The van der Waals surface area contributed by atoms with Crippen LogP contribution in [0.25, 0.3) is 5.57 Å². The first-order valence-corrected chi connectivity index (χ1v) is 3.90. The lowest BCUT2D eigenvalue weighted by Crippen LogP contribution is -1.82. The number of benzene rings is 1. The number of fused-ring (bicyclic) bond motifs is 1. The zero-order valence-electron chi connectivity index (χ0n) is 6.89. The summed E-state index contributed by atoms with van der Waals surface area (Å²) in [5.41, 5.74) is 5.47. The normalized spacial score (nSPS) is 14.5. The first-order valence-electron chi connectivity index (χ1n) is 3.90. The van der Waals surface area contributed by atoms with Crippen molar-refractivity contribution < 1.29 is 0 Å². The maximum Gasteiger partial charge on any atom is 0.0134 e. The maximum absolute atomic E-state index is 2.24. The van der Waals surface area contributed by atoms with Crippen molar-refractivity contribution in [3.05, 3.63) is 47.4 Å². The van der Waals surface area contributed by atoms with Crippen LogP contribution in [0.4, 0.5) is 0 Å². The van der Waals surface area contributed by atoms with Crippen LogP contribution in [-0.4, -0.2) is 0 Å². The third-order valence-electron chi connectivity index (χ3n) is 2.15. The Morgan fingerprint density at radius 1 is 1.09 bits per heavy atom. The molecule has 0 aliphatic heterocycles. The molecule has 1 aromatic rings. The Bertz CT molecular complexity index is 319. The topological polar surface area (TPSA) is 0 Å². The van der Waals surface area contributed by atoms with E-state index in [0.29, 0.717) is 0 Å². The zero-order valence-corrected chi connectivity index (χ0v) is 6.89. The Morgan fingerprint density at radius 2 is 1.91 bits per heavy atom. The molecule has 0 heterocycles. The van der Waals surface area contributed by atoms with Crippen LogP contribution in [-0.2, 0) is 0 Å². The first kappa shape index (κ1) is 6.66. The summed E-state index contributed by atoms with van der Waals surface area (Å²) < 4.78 is 0. The highest BCUT2D eigenvalue weighted by Crippen LogP contribution is 2.28. The predicted molar refractivity (Wildman–Crippen MR) is 48.2 cm³/mol. The lowest BCUT2D eigenvalue weighted by molar-refractivity contribution is 1.41. The molecule has 0 atom stereocenters. The summed E-state index contributed by atoms with van der Waals surface area (Å²) in [4.78, 5) is 0. The molecular formula is C11H11. The Labute approximate surface area is 67.6 Å². The van der Waals surface area contributed by atoms with E-state index in [1.165, 1.54) is 22.3 Å². The number of hydrogen-bond acceptors (Lipinski definition) is 0. The lowest BCUT2D eigenvalue weighted by Gasteiger charge is -2.01. The molecule has 0 bridgehead atoms. The molecule has 0 spiro atoms. The summed E-state index contributed by atoms with van der Waals surface area (Å²) in [6.45, 7) is 4.29. The van der Waals surface area contributed by atoms with E-state index in [-0.39, 0.29) is 0 Å². The van der Waals surface area contributed by atoms with Gasteiger partial charge in [0.25, 0.3) is 0 Å². The van der Waals surface area contributed by atoms with Gasteiger partial charge >= 0.3 is 0 Å². The van der Waals surface area contributed by atoms with Crippen LogP contribution in [0.2, 0.25) is 0 Å². The van der Waals surface area contributed by atoms with E-state index in [4.69, 9.17) is 0 Å². The Balaban J connectivity index is 2.60. The van der Waals surface area contributed by atoms with Crippen molar-refractivity contribution in [2.45, 2.75) is 13.8 Å². The van der Waals surface area contributed by atoms with Crippen molar-refractivity contribution in [3.63, 3.8) is 0 Å². The molecule has 55 valence electrons. The molecule has 0 heteroatoms. The second kappa shape index (κ2) is 2.23. The van der Waals surface area contributed by atoms with Gasteiger partial charge in [0.1, 0.15) is 0 Å². The smallest absolute Gasteiger partial charge is 0.0134 e. The highest BCUT2D eigenvalue weighted by Gasteiger charge is 2.09. The highest BCUT2D eigenvalue weighted by molar-refractivity contribution is 5.75. The van der Waals surface area contributed by atoms with E-state index in [2.05, 4.69) is 44.5 Å². The summed E-state index contributed by atoms with van der Waals surface area (Å²) in [5.74, 6) is 0. The Hall–Kier alpha value is -1.04. The van der Waals surface area contributed by atoms with Crippen molar-refractivity contribution in [2.24, 2.45) is 0 Å². The summed E-state index contributed by atoms with van der Waals surface area (Å²) in [7, 11) is 0. The molecule has 0 aromatic heterocycles. The monoisotopic (exact) mass is 143 g/mol. The van der Waals surface area contributed by atoms with Gasteiger partial charge in [0, 0.05) is 6.42 Å². The lowest BCUT2D eigenvalue weighted by atomic mass is 10.0. The molecular weight excluding hydrogens is 132 g/mol. The molecule has 2 rings (SSSR count). The van der Waals surface area contributed by atoms with Gasteiger partial charge < -0.3 is 0 Å². The highest BCUT2D eigenvalue weighted by atomic mass is 14.1. The van der Waals surface area contributed by atoms with Crippen LogP contribution < -0.4 is 0 Å². The van der Waals surface area contributed by atoms with E-state index in [9.17, 15) is 0 Å². The molecule has 0 saturated carbocycles. The van der Waals surface area contributed by atoms with Crippen LogP contribution in [0.15, 0.2) is 24.3 Å². The van der Waals surface area contributed by atoms with Crippen molar-refractivity contribution in [3.8, 4) is 0 Å². The summed E-state index contributed by atoms with van der Waals surface area (Å²) in [6.07, 6.45) is 4.34. The molecule has 1 aliphatic carbocycles. The van der Waals surface area contributed by atoms with E-state index in [1.807, 2.05) is 0 Å². The molecule has 0 N–H and O–H groups in total. The van der Waals surface area contributed by atoms with Crippen LogP contribution in [0.3, 0.4) is 0 Å². The summed E-state index contributed by atoms with van der Waals surface area (Å²) in [6, 6.07) is 6.57. The molecule has 1 aliphatic rings. The van der Waals surface area contributed by atoms with Gasteiger partial charge in [0.05, 0.1) is 0 Å². The van der Waals surface area contributed by atoms with Gasteiger partial charge in [-0.05, 0) is 30.5 Å². The van der Waals surface area contributed by atoms with Gasteiger partial charge in [0.15, 0.2) is 0 Å². The fourth-order valence-electron chi connectivity index (χ4n) is 1.46. The molecule has 0 amide bonds. The number of hydrogen-bond donors (Lipinski definition) is 0. The molecule has 0 nitrogen and oxygen atoms in total. The van der Waals surface area contributed by atoms with Gasteiger partial charge in [-0.3, -0.25) is 0 Å². The summed E-state index contributed by atoms with van der Waals surface area (Å²) >= 11 is 0. The summed E-state index contributed by atoms with van der Waals surface area (Å²) in [5, 5.41) is 0. The van der Waals surface area contributed by atoms with E-state index in [0.717, 1.165) is 0 Å². The van der Waals surface area contributed by atoms with Gasteiger partial charge in [0.2, 0.25) is 0 Å². The minimum Gasteiger partial charge on any atom is -0.0725 e. The SMILES string of the molecule is CC1=C[CH]c2ccc(C)cc21. The first-order chi connectivity index (χ1) is 5.27. The number of aryl methyl sites for hydroxylation is 1. The number of allylic oxidation sites excluding steroid dienone is 2. The minimum atomic E-state index is 1.34. The van der Waals surface area contributed by atoms with Gasteiger partial charge in [-0.15, -0.1) is 0 Å². The number of rotatable bonds is 0. The van der Waals surface area contributed by atoms with Gasteiger partial charge in [-0.25, -0.2) is 0 Å². The Kier molecular flexibility index (Phi) is 1.35. The fraction of sp³-hybridized carbons (Fsp3) is 0.182. The van der Waals surface area contributed by atoms with Gasteiger partial charge in [-0.1, -0.05) is 29.8 Å². The van der Waals surface area contributed by atoms with E-state index >= 15 is 0 Å². The third-order valence-corrected chi connectivity index (χ3v) is 2.15. The second-order valence-electron chi connectivity index (χ2n) is 3.11. The average molecular weight is 143 g/mol. The van der Waals surface area contributed by atoms with Crippen LogP contribution in [0.5, 0.6) is 0 Å². The second-order valence-corrected chi connectivity index (χ2v) is 3.11. The predicted octanol–water partition coefficient (Wildman–Crippen LogP) is 2.96. The molecule has 1 radical (unpaired) electrons. The standard InChI is InChI=1S/C11H11/c1-8-3-5-10-6-4-9(2)11(10)7-8/h3-7H,1-2H3. The largest absolute Gasteiger partial charge is 0.0725 e. The molecule has 0 fully saturated rings. The third kappa shape index (κ3) is 0.988. The minimum absolute atomic E-state index is 1.34. The van der Waals surface area contributed by atoms with Gasteiger partial charge in [-0.2, -0.15) is 0 Å². The quantitative estimate of drug-likeness (QED) is 0.523. The van der Waals surface area contributed by atoms with Crippen LogP contribution in [0.1, 0.15) is 23.6 Å². The molecule has 0 saturated heterocycles. The maximum atomic E-state index is 2.24.